The van der Waals surface area contributed by atoms with Crippen LogP contribution in [0.2, 0.25) is 0 Å². The van der Waals surface area contributed by atoms with Gasteiger partial charge in [0.25, 0.3) is 0 Å². The lowest BCUT2D eigenvalue weighted by Crippen LogP contribution is -1.99. The summed E-state index contributed by atoms with van der Waals surface area (Å²) in [6.07, 6.45) is 4.87. The van der Waals surface area contributed by atoms with Crippen LogP contribution in [0.5, 0.6) is 0 Å². The van der Waals surface area contributed by atoms with Gasteiger partial charge in [0.05, 0.1) is 6.10 Å². The Morgan fingerprint density at radius 3 is 2.88 bits per heavy atom. The van der Waals surface area contributed by atoms with Gasteiger partial charge in [0.1, 0.15) is 11.5 Å². The van der Waals surface area contributed by atoms with E-state index in [0.29, 0.717) is 0 Å². The van der Waals surface area contributed by atoms with E-state index in [9.17, 15) is 5.11 Å². The zero-order valence-electron chi connectivity index (χ0n) is 9.92. The summed E-state index contributed by atoms with van der Waals surface area (Å²) in [6, 6.07) is 7.60. The quantitative estimate of drug-likeness (QED) is 0.879. The Bertz CT molecular complexity index is 512. The second-order valence-electron chi connectivity index (χ2n) is 4.01. The molecule has 0 aliphatic rings. The fourth-order valence-corrected chi connectivity index (χ4v) is 1.44. The molecule has 0 aliphatic carbocycles. The molecule has 0 saturated carbocycles. The molecule has 1 N–H and O–H groups in total. The number of furan rings is 1. The molecule has 2 heterocycles. The van der Waals surface area contributed by atoms with Crippen molar-refractivity contribution in [3.8, 4) is 11.3 Å². The molecule has 0 amide bonds. The smallest absolute Gasteiger partial charge is 0.136 e. The van der Waals surface area contributed by atoms with Crippen LogP contribution in [0.15, 0.2) is 46.6 Å². The number of aliphatic hydroxyl groups is 1. The average Bonchev–Trinajstić information content (AvgIpc) is 2.78. The highest BCUT2D eigenvalue weighted by molar-refractivity contribution is 5.59. The van der Waals surface area contributed by atoms with Gasteiger partial charge in [0.15, 0.2) is 0 Å². The monoisotopic (exact) mass is 229 g/mol. The maximum atomic E-state index is 9.39. The van der Waals surface area contributed by atoms with E-state index in [1.165, 1.54) is 0 Å². The summed E-state index contributed by atoms with van der Waals surface area (Å²) >= 11 is 0. The van der Waals surface area contributed by atoms with E-state index in [0.717, 1.165) is 22.7 Å². The Morgan fingerprint density at radius 1 is 1.41 bits per heavy atom. The predicted octanol–water partition coefficient (Wildman–Crippen LogP) is 3.13. The third kappa shape index (κ3) is 2.82. The van der Waals surface area contributed by atoms with E-state index in [1.807, 2.05) is 37.3 Å². The van der Waals surface area contributed by atoms with Crippen molar-refractivity contribution in [2.24, 2.45) is 0 Å². The van der Waals surface area contributed by atoms with Gasteiger partial charge in [-0.3, -0.25) is 4.98 Å². The van der Waals surface area contributed by atoms with Crippen LogP contribution in [0.25, 0.3) is 17.4 Å². The number of aliphatic hydroxyl groups excluding tert-OH is 1. The number of nitrogens with zero attached hydrogens (tertiary/aromatic N) is 1. The Labute approximate surface area is 100 Å². The predicted molar refractivity (Wildman–Crippen MR) is 67.3 cm³/mol. The molecule has 17 heavy (non-hydrogen) atoms. The van der Waals surface area contributed by atoms with Crippen LogP contribution in [-0.4, -0.2) is 16.2 Å². The number of aromatic nitrogens is 1. The van der Waals surface area contributed by atoms with E-state index in [4.69, 9.17) is 4.42 Å². The minimum Gasteiger partial charge on any atom is -0.457 e. The van der Waals surface area contributed by atoms with Gasteiger partial charge in [-0.1, -0.05) is 0 Å². The largest absolute Gasteiger partial charge is 0.457 e. The van der Waals surface area contributed by atoms with Crippen LogP contribution in [0, 0.1) is 0 Å². The zero-order valence-corrected chi connectivity index (χ0v) is 9.92. The summed E-state index contributed by atoms with van der Waals surface area (Å²) in [5, 5.41) is 9.39. The van der Waals surface area contributed by atoms with Gasteiger partial charge in [-0.15, -0.1) is 0 Å². The Morgan fingerprint density at radius 2 is 2.24 bits per heavy atom. The highest BCUT2D eigenvalue weighted by atomic mass is 16.3. The number of hydrogen-bond donors (Lipinski definition) is 1. The molecule has 0 aromatic carbocycles. The first-order valence-electron chi connectivity index (χ1n) is 5.53. The molecule has 0 radical (unpaired) electrons. The first-order chi connectivity index (χ1) is 8.16. The molecule has 0 aliphatic heterocycles. The third-order valence-corrected chi connectivity index (χ3v) is 2.60. The summed E-state index contributed by atoms with van der Waals surface area (Å²) in [6.45, 7) is 3.60. The van der Waals surface area contributed by atoms with E-state index in [-0.39, 0.29) is 0 Å². The SMILES string of the molecule is C/C(=C\c1ccc(-c2cccnc2)o1)C(C)O. The summed E-state index contributed by atoms with van der Waals surface area (Å²) in [5.74, 6) is 1.52. The summed E-state index contributed by atoms with van der Waals surface area (Å²) in [7, 11) is 0. The van der Waals surface area contributed by atoms with Gasteiger partial charge in [0, 0.05) is 18.0 Å². The van der Waals surface area contributed by atoms with Crippen LogP contribution in [0.4, 0.5) is 0 Å². The lowest BCUT2D eigenvalue weighted by Gasteiger charge is -2.02. The molecule has 3 nitrogen and oxygen atoms in total. The number of pyridine rings is 1. The zero-order chi connectivity index (χ0) is 12.3. The molecule has 2 aromatic heterocycles. The van der Waals surface area contributed by atoms with Crippen molar-refractivity contribution >= 4 is 6.08 Å². The second kappa shape index (κ2) is 4.97. The van der Waals surface area contributed by atoms with Crippen molar-refractivity contribution in [3.63, 3.8) is 0 Å². The Kier molecular flexibility index (Phi) is 3.40. The van der Waals surface area contributed by atoms with Gasteiger partial charge in [-0.05, 0) is 49.8 Å². The fraction of sp³-hybridized carbons (Fsp3) is 0.214. The maximum Gasteiger partial charge on any atom is 0.136 e. The molecule has 0 spiro atoms. The van der Waals surface area contributed by atoms with Gasteiger partial charge >= 0.3 is 0 Å². The number of rotatable bonds is 3. The van der Waals surface area contributed by atoms with Crippen LogP contribution >= 0.6 is 0 Å². The summed E-state index contributed by atoms with van der Waals surface area (Å²) in [5.41, 5.74) is 1.82. The molecule has 3 heteroatoms. The molecule has 1 atom stereocenters. The average molecular weight is 229 g/mol. The summed E-state index contributed by atoms with van der Waals surface area (Å²) in [4.78, 5) is 4.04. The lowest BCUT2D eigenvalue weighted by atomic mass is 10.1. The van der Waals surface area contributed by atoms with Crippen molar-refractivity contribution in [2.45, 2.75) is 20.0 Å². The molecule has 2 rings (SSSR count). The van der Waals surface area contributed by atoms with Crippen LogP contribution in [-0.2, 0) is 0 Å². The molecule has 88 valence electrons. The van der Waals surface area contributed by atoms with Gasteiger partial charge < -0.3 is 9.52 Å². The van der Waals surface area contributed by atoms with E-state index >= 15 is 0 Å². The van der Waals surface area contributed by atoms with E-state index in [1.54, 1.807) is 19.3 Å². The molecule has 0 fully saturated rings. The molecular weight excluding hydrogens is 214 g/mol. The van der Waals surface area contributed by atoms with Gasteiger partial charge in [0.2, 0.25) is 0 Å². The van der Waals surface area contributed by atoms with Gasteiger partial charge in [-0.2, -0.15) is 0 Å². The minimum absolute atomic E-state index is 0.457. The van der Waals surface area contributed by atoms with Crippen molar-refractivity contribution in [3.05, 3.63) is 48.0 Å². The molecule has 1 unspecified atom stereocenters. The lowest BCUT2D eigenvalue weighted by molar-refractivity contribution is 0.232. The maximum absolute atomic E-state index is 9.39. The molecule has 0 saturated heterocycles. The van der Waals surface area contributed by atoms with Crippen LogP contribution < -0.4 is 0 Å². The molecular formula is C14H15NO2. The van der Waals surface area contributed by atoms with Crippen molar-refractivity contribution in [2.75, 3.05) is 0 Å². The molecule has 0 bridgehead atoms. The second-order valence-corrected chi connectivity index (χ2v) is 4.01. The highest BCUT2D eigenvalue weighted by Crippen LogP contribution is 2.22. The van der Waals surface area contributed by atoms with Crippen molar-refractivity contribution in [1.29, 1.82) is 0 Å². The normalized spacial score (nSPS) is 13.7. The van der Waals surface area contributed by atoms with E-state index in [2.05, 4.69) is 4.98 Å². The Hall–Kier alpha value is -1.87. The van der Waals surface area contributed by atoms with Crippen molar-refractivity contribution < 1.29 is 9.52 Å². The van der Waals surface area contributed by atoms with Crippen LogP contribution in [0.1, 0.15) is 19.6 Å². The Balaban J connectivity index is 2.26. The van der Waals surface area contributed by atoms with E-state index < -0.39 is 6.10 Å². The third-order valence-electron chi connectivity index (χ3n) is 2.60. The van der Waals surface area contributed by atoms with Gasteiger partial charge in [-0.25, -0.2) is 0 Å². The number of hydrogen-bond acceptors (Lipinski definition) is 3. The fourth-order valence-electron chi connectivity index (χ4n) is 1.44. The minimum atomic E-state index is -0.457. The summed E-state index contributed by atoms with van der Waals surface area (Å²) < 4.78 is 5.66. The van der Waals surface area contributed by atoms with Crippen LogP contribution in [0.3, 0.4) is 0 Å². The first-order valence-corrected chi connectivity index (χ1v) is 5.53. The first kappa shape index (κ1) is 11.6. The molecule has 2 aromatic rings. The standard InChI is InChI=1S/C14H15NO2/c1-10(11(2)16)8-13-5-6-14(17-13)12-4-3-7-15-9-12/h3-9,11,16H,1-2H3/b10-8+. The topological polar surface area (TPSA) is 46.3 Å². The highest BCUT2D eigenvalue weighted by Gasteiger charge is 2.04. The van der Waals surface area contributed by atoms with Crippen molar-refractivity contribution in [1.82, 2.24) is 4.98 Å².